The summed E-state index contributed by atoms with van der Waals surface area (Å²) in [4.78, 5) is 0. The fourth-order valence-corrected chi connectivity index (χ4v) is 12.0. The van der Waals surface area contributed by atoms with Gasteiger partial charge in [-0.3, -0.25) is 0 Å². The lowest BCUT2D eigenvalue weighted by Crippen LogP contribution is -2.72. The first-order chi connectivity index (χ1) is 17.3. The summed E-state index contributed by atoms with van der Waals surface area (Å²) in [6.45, 7) is 0. The van der Waals surface area contributed by atoms with Gasteiger partial charge in [0.1, 0.15) is 5.75 Å². The molecule has 5 aromatic rings. The third kappa shape index (κ3) is 4.98. The van der Waals surface area contributed by atoms with Crippen LogP contribution in [0.25, 0.3) is 0 Å². The summed E-state index contributed by atoms with van der Waals surface area (Å²) in [7, 11) is -5.37. The molecule has 5 rings (SSSR count). The molecule has 3 nitrogen and oxygen atoms in total. The Morgan fingerprint density at radius 2 is 0.886 bits per heavy atom. The number of nitrogen functional groups attached to an aromatic ring is 1. The Morgan fingerprint density at radius 3 is 1.31 bits per heavy atom. The minimum absolute atomic E-state index is 0.706. The standard InChI is InChI=1S/C30H27NO2Si2/c31-25-21-23-26(24-22-25)32-34(27-13-5-1-6-14-27)33-35(28-15-7-2-8-16-28,29-17-9-3-10-18-29)30-19-11-4-12-20-30/h1-24,34H,31H2. The summed E-state index contributed by atoms with van der Waals surface area (Å²) >= 11 is 0. The fourth-order valence-electron chi connectivity index (χ4n) is 4.32. The van der Waals surface area contributed by atoms with Crippen molar-refractivity contribution in [3.8, 4) is 5.75 Å². The molecule has 1 unspecified atom stereocenters. The third-order valence-electron chi connectivity index (χ3n) is 6.02. The Bertz CT molecular complexity index is 1240. The molecule has 0 heterocycles. The number of anilines is 1. The average Bonchev–Trinajstić information content (AvgIpc) is 2.94. The minimum atomic E-state index is -2.92. The number of hydrogen-bond acceptors (Lipinski definition) is 3. The van der Waals surface area contributed by atoms with Crippen molar-refractivity contribution in [3.05, 3.63) is 146 Å². The van der Waals surface area contributed by atoms with Gasteiger partial charge in [-0.1, -0.05) is 121 Å². The first-order valence-electron chi connectivity index (χ1n) is 11.7. The second kappa shape index (κ2) is 10.6. The number of benzene rings is 5. The van der Waals surface area contributed by atoms with Gasteiger partial charge in [-0.05, 0) is 39.8 Å². The van der Waals surface area contributed by atoms with Crippen molar-refractivity contribution in [2.24, 2.45) is 0 Å². The van der Waals surface area contributed by atoms with Gasteiger partial charge >= 0.3 is 9.28 Å². The minimum Gasteiger partial charge on any atom is -0.520 e. The maximum Gasteiger partial charge on any atom is 0.407 e. The molecule has 0 fully saturated rings. The van der Waals surface area contributed by atoms with Crippen LogP contribution in [0.5, 0.6) is 5.75 Å². The van der Waals surface area contributed by atoms with Crippen LogP contribution in [0.3, 0.4) is 0 Å². The number of nitrogens with two attached hydrogens (primary N) is 1. The smallest absolute Gasteiger partial charge is 0.407 e. The number of rotatable bonds is 8. The molecule has 0 aliphatic rings. The van der Waals surface area contributed by atoms with E-state index in [-0.39, 0.29) is 0 Å². The summed E-state index contributed by atoms with van der Waals surface area (Å²) in [6.07, 6.45) is 0. The lowest BCUT2D eigenvalue weighted by molar-refractivity contribution is 0.446. The van der Waals surface area contributed by atoms with E-state index in [1.54, 1.807) is 0 Å². The maximum absolute atomic E-state index is 7.44. The van der Waals surface area contributed by atoms with Gasteiger partial charge in [-0.25, -0.2) is 0 Å². The van der Waals surface area contributed by atoms with Crippen LogP contribution in [-0.2, 0) is 4.12 Å². The van der Waals surface area contributed by atoms with Crippen LogP contribution in [-0.4, -0.2) is 17.6 Å². The number of hydrogen-bond donors (Lipinski definition) is 1. The van der Waals surface area contributed by atoms with Gasteiger partial charge in [0.2, 0.25) is 0 Å². The summed E-state index contributed by atoms with van der Waals surface area (Å²) < 4.78 is 14.1. The van der Waals surface area contributed by atoms with Gasteiger partial charge in [0.15, 0.2) is 0 Å². The van der Waals surface area contributed by atoms with E-state index < -0.39 is 17.6 Å². The zero-order chi connectivity index (χ0) is 23.9. The van der Waals surface area contributed by atoms with Crippen LogP contribution in [0, 0.1) is 0 Å². The van der Waals surface area contributed by atoms with Crippen molar-refractivity contribution >= 4 is 44.0 Å². The highest BCUT2D eigenvalue weighted by Crippen LogP contribution is 2.17. The Kier molecular flexibility index (Phi) is 6.90. The molecule has 0 aliphatic heterocycles. The zero-order valence-corrected chi connectivity index (χ0v) is 21.5. The van der Waals surface area contributed by atoms with Crippen molar-refractivity contribution in [1.29, 1.82) is 0 Å². The average molecular weight is 490 g/mol. The molecule has 172 valence electrons. The van der Waals surface area contributed by atoms with Gasteiger partial charge in [0, 0.05) is 10.9 Å². The molecule has 0 saturated carbocycles. The van der Waals surface area contributed by atoms with Crippen LogP contribution in [0.2, 0.25) is 0 Å². The highest BCUT2D eigenvalue weighted by molar-refractivity contribution is 7.09. The van der Waals surface area contributed by atoms with Gasteiger partial charge < -0.3 is 14.3 Å². The Balaban J connectivity index is 1.70. The fraction of sp³-hybridized carbons (Fsp3) is 0. The second-order valence-electron chi connectivity index (χ2n) is 8.33. The van der Waals surface area contributed by atoms with Crippen molar-refractivity contribution < 1.29 is 8.54 Å². The van der Waals surface area contributed by atoms with Crippen molar-refractivity contribution in [3.63, 3.8) is 0 Å². The SMILES string of the molecule is Nc1ccc(O[SiH](O[Si](c2ccccc2)(c2ccccc2)c2ccccc2)c2ccccc2)cc1. The molecular formula is C30H27NO2Si2. The monoisotopic (exact) mass is 489 g/mol. The first kappa shape index (κ1) is 22.9. The van der Waals surface area contributed by atoms with Crippen LogP contribution in [0.1, 0.15) is 0 Å². The largest absolute Gasteiger partial charge is 0.520 e. The predicted octanol–water partition coefficient (Wildman–Crippen LogP) is 3.46. The normalized spacial score (nSPS) is 12.1. The first-order valence-corrected chi connectivity index (χ1v) is 15.1. The van der Waals surface area contributed by atoms with Crippen molar-refractivity contribution in [1.82, 2.24) is 0 Å². The molecule has 0 bridgehead atoms. The van der Waals surface area contributed by atoms with Crippen LogP contribution >= 0.6 is 0 Å². The summed E-state index contributed by atoms with van der Waals surface area (Å²) in [5.41, 5.74) is 6.64. The Hall–Kier alpha value is -3.91. The van der Waals surface area contributed by atoms with E-state index in [0.717, 1.165) is 10.9 Å². The highest BCUT2D eigenvalue weighted by atomic mass is 28.4. The molecule has 0 aromatic heterocycles. The van der Waals surface area contributed by atoms with Gasteiger partial charge in [0.05, 0.1) is 0 Å². The molecule has 0 amide bonds. The van der Waals surface area contributed by atoms with Crippen LogP contribution in [0.15, 0.2) is 146 Å². The van der Waals surface area contributed by atoms with Crippen LogP contribution < -0.4 is 30.9 Å². The molecule has 5 heteroatoms. The van der Waals surface area contributed by atoms with E-state index >= 15 is 0 Å². The lowest BCUT2D eigenvalue weighted by atomic mass is 10.3. The van der Waals surface area contributed by atoms with Gasteiger partial charge in [-0.2, -0.15) is 0 Å². The predicted molar refractivity (Wildman–Crippen MR) is 150 cm³/mol. The van der Waals surface area contributed by atoms with Crippen molar-refractivity contribution in [2.45, 2.75) is 0 Å². The molecule has 2 N–H and O–H groups in total. The summed E-state index contributed by atoms with van der Waals surface area (Å²) in [5.74, 6) is 0.761. The van der Waals surface area contributed by atoms with E-state index in [0.29, 0.717) is 5.69 Å². The highest BCUT2D eigenvalue weighted by Gasteiger charge is 2.45. The molecule has 0 aliphatic carbocycles. The lowest BCUT2D eigenvalue weighted by Gasteiger charge is -2.36. The van der Waals surface area contributed by atoms with E-state index in [1.165, 1.54) is 15.6 Å². The molecular weight excluding hydrogens is 463 g/mol. The molecule has 0 radical (unpaired) electrons. The quantitative estimate of drug-likeness (QED) is 0.206. The van der Waals surface area contributed by atoms with E-state index in [4.69, 9.17) is 14.3 Å². The van der Waals surface area contributed by atoms with Gasteiger partial charge in [0.25, 0.3) is 8.32 Å². The van der Waals surface area contributed by atoms with E-state index in [9.17, 15) is 0 Å². The van der Waals surface area contributed by atoms with E-state index in [2.05, 4.69) is 103 Å². The van der Waals surface area contributed by atoms with E-state index in [1.807, 2.05) is 42.5 Å². The molecule has 0 spiro atoms. The molecule has 0 saturated heterocycles. The molecule has 5 aromatic carbocycles. The maximum atomic E-state index is 7.44. The molecule has 35 heavy (non-hydrogen) atoms. The van der Waals surface area contributed by atoms with Crippen molar-refractivity contribution in [2.75, 3.05) is 5.73 Å². The zero-order valence-electron chi connectivity index (χ0n) is 19.3. The third-order valence-corrected chi connectivity index (χ3v) is 13.1. The topological polar surface area (TPSA) is 44.5 Å². The summed E-state index contributed by atoms with van der Waals surface area (Å²) in [6, 6.07) is 49.7. The Morgan fingerprint density at radius 1 is 0.486 bits per heavy atom. The second-order valence-corrected chi connectivity index (χ2v) is 13.9. The molecule has 1 atom stereocenters. The van der Waals surface area contributed by atoms with Crippen LogP contribution in [0.4, 0.5) is 5.69 Å². The van der Waals surface area contributed by atoms with Gasteiger partial charge in [-0.15, -0.1) is 0 Å². The Labute approximate surface area is 209 Å². The summed E-state index contributed by atoms with van der Waals surface area (Å²) in [5, 5.41) is 4.65.